The molecule has 110 valence electrons. The first-order chi connectivity index (χ1) is 9.68. The number of methoxy groups -OCH3 is 1. The van der Waals surface area contributed by atoms with Crippen molar-refractivity contribution in [3.8, 4) is 5.75 Å². The topological polar surface area (TPSA) is 38.5 Å². The van der Waals surface area contributed by atoms with E-state index >= 15 is 0 Å². The molecule has 20 heavy (non-hydrogen) atoms. The van der Waals surface area contributed by atoms with Crippen molar-refractivity contribution in [1.82, 2.24) is 4.90 Å². The molecule has 0 aromatic heterocycles. The van der Waals surface area contributed by atoms with Crippen molar-refractivity contribution < 1.29 is 4.74 Å². The smallest absolute Gasteiger partial charge is 0.119 e. The van der Waals surface area contributed by atoms with Gasteiger partial charge in [-0.1, -0.05) is 24.6 Å². The maximum Gasteiger partial charge on any atom is 0.119 e. The van der Waals surface area contributed by atoms with Crippen LogP contribution in [-0.4, -0.2) is 31.6 Å². The van der Waals surface area contributed by atoms with Crippen molar-refractivity contribution in [2.75, 3.05) is 26.7 Å². The van der Waals surface area contributed by atoms with Crippen LogP contribution in [0.2, 0.25) is 0 Å². The highest BCUT2D eigenvalue weighted by Crippen LogP contribution is 2.28. The van der Waals surface area contributed by atoms with Gasteiger partial charge in [-0.2, -0.15) is 0 Å². The second kappa shape index (κ2) is 6.91. The van der Waals surface area contributed by atoms with Gasteiger partial charge in [0.05, 0.1) is 12.6 Å². The van der Waals surface area contributed by atoms with Crippen LogP contribution in [0.15, 0.2) is 36.9 Å². The third-order valence-electron chi connectivity index (χ3n) is 4.11. The number of rotatable bonds is 6. The van der Waals surface area contributed by atoms with E-state index in [1.54, 1.807) is 7.11 Å². The number of hydrogen-bond donors (Lipinski definition) is 1. The van der Waals surface area contributed by atoms with Gasteiger partial charge in [-0.25, -0.2) is 0 Å². The second-order valence-corrected chi connectivity index (χ2v) is 5.72. The van der Waals surface area contributed by atoms with Crippen molar-refractivity contribution in [3.05, 3.63) is 42.5 Å². The fourth-order valence-electron chi connectivity index (χ4n) is 2.98. The first-order valence-corrected chi connectivity index (χ1v) is 7.44. The first kappa shape index (κ1) is 15.1. The fourth-order valence-corrected chi connectivity index (χ4v) is 2.98. The lowest BCUT2D eigenvalue weighted by molar-refractivity contribution is 0.177. The van der Waals surface area contributed by atoms with Crippen LogP contribution in [0, 0.1) is 0 Å². The molecule has 2 N–H and O–H groups in total. The van der Waals surface area contributed by atoms with Crippen molar-refractivity contribution in [1.29, 1.82) is 0 Å². The molecule has 0 bridgehead atoms. The van der Waals surface area contributed by atoms with Gasteiger partial charge >= 0.3 is 0 Å². The average Bonchev–Trinajstić information content (AvgIpc) is 2.48. The quantitative estimate of drug-likeness (QED) is 0.811. The van der Waals surface area contributed by atoms with E-state index in [-0.39, 0.29) is 5.54 Å². The van der Waals surface area contributed by atoms with Gasteiger partial charge in [0.25, 0.3) is 0 Å². The van der Waals surface area contributed by atoms with E-state index in [1.165, 1.54) is 19.3 Å². The molecule has 0 amide bonds. The Morgan fingerprint density at radius 2 is 2.10 bits per heavy atom. The van der Waals surface area contributed by atoms with E-state index < -0.39 is 0 Å². The highest BCUT2D eigenvalue weighted by atomic mass is 16.5. The minimum Gasteiger partial charge on any atom is -0.497 e. The molecule has 0 saturated carbocycles. The lowest BCUT2D eigenvalue weighted by Crippen LogP contribution is -2.48. The predicted molar refractivity (Wildman–Crippen MR) is 84.0 cm³/mol. The van der Waals surface area contributed by atoms with Crippen LogP contribution in [0.4, 0.5) is 0 Å². The van der Waals surface area contributed by atoms with E-state index in [1.807, 2.05) is 24.3 Å². The molecule has 1 aromatic carbocycles. The Bertz CT molecular complexity index is 440. The second-order valence-electron chi connectivity index (χ2n) is 5.72. The van der Waals surface area contributed by atoms with Gasteiger partial charge < -0.3 is 15.4 Å². The lowest BCUT2D eigenvalue weighted by atomic mass is 9.86. The fraction of sp³-hybridized carbons (Fsp3) is 0.529. The van der Waals surface area contributed by atoms with Gasteiger partial charge in [0, 0.05) is 6.54 Å². The molecular formula is C17H26N2O. The zero-order valence-corrected chi connectivity index (χ0v) is 12.5. The summed E-state index contributed by atoms with van der Waals surface area (Å²) in [5.41, 5.74) is 7.46. The van der Waals surface area contributed by atoms with E-state index in [4.69, 9.17) is 10.5 Å². The summed E-state index contributed by atoms with van der Waals surface area (Å²) in [7, 11) is 1.69. The van der Waals surface area contributed by atoms with Crippen LogP contribution in [0.25, 0.3) is 0 Å². The van der Waals surface area contributed by atoms with Crippen LogP contribution in [0.5, 0.6) is 5.75 Å². The van der Waals surface area contributed by atoms with E-state index in [0.717, 1.165) is 37.4 Å². The molecule has 2 rings (SSSR count). The van der Waals surface area contributed by atoms with Crippen molar-refractivity contribution in [2.24, 2.45) is 5.73 Å². The van der Waals surface area contributed by atoms with Crippen LogP contribution in [-0.2, 0) is 5.54 Å². The Labute approximate surface area is 122 Å². The van der Waals surface area contributed by atoms with E-state index in [2.05, 4.69) is 17.5 Å². The monoisotopic (exact) mass is 274 g/mol. The SMILES string of the molecule is C=CCC(N)(CN1CCCCC1)c1cccc(OC)c1. The Morgan fingerprint density at radius 3 is 2.75 bits per heavy atom. The highest BCUT2D eigenvalue weighted by Gasteiger charge is 2.29. The number of nitrogens with zero attached hydrogens (tertiary/aromatic N) is 1. The van der Waals surface area contributed by atoms with Gasteiger partial charge in [-0.3, -0.25) is 0 Å². The lowest BCUT2D eigenvalue weighted by Gasteiger charge is -2.37. The first-order valence-electron chi connectivity index (χ1n) is 7.44. The minimum absolute atomic E-state index is 0.381. The molecule has 1 unspecified atom stereocenters. The maximum absolute atomic E-state index is 6.72. The van der Waals surface area contributed by atoms with Crippen LogP contribution >= 0.6 is 0 Å². The summed E-state index contributed by atoms with van der Waals surface area (Å²) < 4.78 is 5.32. The Hall–Kier alpha value is -1.32. The van der Waals surface area contributed by atoms with Crippen molar-refractivity contribution in [3.63, 3.8) is 0 Å². The van der Waals surface area contributed by atoms with E-state index in [9.17, 15) is 0 Å². The van der Waals surface area contributed by atoms with Gasteiger partial charge in [-0.15, -0.1) is 6.58 Å². The van der Waals surface area contributed by atoms with E-state index in [0.29, 0.717) is 0 Å². The summed E-state index contributed by atoms with van der Waals surface area (Å²) in [5, 5.41) is 0. The van der Waals surface area contributed by atoms with Crippen LogP contribution in [0.3, 0.4) is 0 Å². The molecular weight excluding hydrogens is 248 g/mol. The molecule has 0 spiro atoms. The highest BCUT2D eigenvalue weighted by molar-refractivity contribution is 5.34. The molecule has 1 fully saturated rings. The Balaban J connectivity index is 2.19. The Kier molecular flexibility index (Phi) is 5.21. The van der Waals surface area contributed by atoms with Crippen LogP contribution in [0.1, 0.15) is 31.2 Å². The number of ether oxygens (including phenoxy) is 1. The minimum atomic E-state index is -0.381. The number of hydrogen-bond acceptors (Lipinski definition) is 3. The molecule has 0 radical (unpaired) electrons. The normalized spacial score (nSPS) is 19.3. The van der Waals surface area contributed by atoms with Crippen LogP contribution < -0.4 is 10.5 Å². The molecule has 1 atom stereocenters. The zero-order valence-electron chi connectivity index (χ0n) is 12.5. The third-order valence-corrected chi connectivity index (χ3v) is 4.11. The molecule has 1 aromatic rings. The van der Waals surface area contributed by atoms with Gasteiger partial charge in [0.15, 0.2) is 0 Å². The number of benzene rings is 1. The van der Waals surface area contributed by atoms with Crippen molar-refractivity contribution in [2.45, 2.75) is 31.2 Å². The summed E-state index contributed by atoms with van der Waals surface area (Å²) in [6.45, 7) is 7.06. The molecule has 1 aliphatic heterocycles. The molecule has 1 heterocycles. The summed E-state index contributed by atoms with van der Waals surface area (Å²) in [5.74, 6) is 0.861. The molecule has 0 aliphatic carbocycles. The number of likely N-dealkylation sites (tertiary alicyclic amines) is 1. The van der Waals surface area contributed by atoms with Gasteiger partial charge in [0.2, 0.25) is 0 Å². The molecule has 3 heteroatoms. The summed E-state index contributed by atoms with van der Waals surface area (Å²) in [6.07, 6.45) is 6.60. The Morgan fingerprint density at radius 1 is 1.35 bits per heavy atom. The number of piperidine rings is 1. The standard InChI is InChI=1S/C17H26N2O/c1-3-10-17(18,14-19-11-5-4-6-12-19)15-8-7-9-16(13-15)20-2/h3,7-9,13H,1,4-6,10-12,14,18H2,2H3. The summed E-state index contributed by atoms with van der Waals surface area (Å²) in [6, 6.07) is 8.11. The largest absolute Gasteiger partial charge is 0.497 e. The summed E-state index contributed by atoms with van der Waals surface area (Å²) >= 11 is 0. The van der Waals surface area contributed by atoms with Gasteiger partial charge in [-0.05, 0) is 50.0 Å². The molecule has 1 aliphatic rings. The predicted octanol–water partition coefficient (Wildman–Crippen LogP) is 2.91. The molecule has 1 saturated heterocycles. The maximum atomic E-state index is 6.72. The zero-order chi connectivity index (χ0) is 14.4. The third kappa shape index (κ3) is 3.62. The van der Waals surface area contributed by atoms with Gasteiger partial charge in [0.1, 0.15) is 5.75 Å². The summed E-state index contributed by atoms with van der Waals surface area (Å²) in [4.78, 5) is 2.48. The average molecular weight is 274 g/mol. The molecule has 3 nitrogen and oxygen atoms in total. The van der Waals surface area contributed by atoms with Crippen molar-refractivity contribution >= 4 is 0 Å². The number of nitrogens with two attached hydrogens (primary N) is 1.